The van der Waals surface area contributed by atoms with Crippen LogP contribution in [0.1, 0.15) is 55.2 Å². The molecule has 1 fully saturated rings. The lowest BCUT2D eigenvalue weighted by molar-refractivity contribution is 0.457. The number of rotatable bonds is 2. The monoisotopic (exact) mass is 217 g/mol. The number of hydrogen-bond acceptors (Lipinski definition) is 1. The summed E-state index contributed by atoms with van der Waals surface area (Å²) in [6, 6.07) is 6.77. The molecule has 0 aromatic heterocycles. The second kappa shape index (κ2) is 5.01. The van der Waals surface area contributed by atoms with Gasteiger partial charge >= 0.3 is 0 Å². The van der Waals surface area contributed by atoms with E-state index in [-0.39, 0.29) is 0 Å². The van der Waals surface area contributed by atoms with Crippen LogP contribution in [-0.2, 0) is 0 Å². The van der Waals surface area contributed by atoms with Gasteiger partial charge in [-0.05, 0) is 54.8 Å². The van der Waals surface area contributed by atoms with E-state index in [0.717, 1.165) is 12.5 Å². The Morgan fingerprint density at radius 2 is 2.12 bits per heavy atom. The molecule has 1 nitrogen and oxygen atoms in total. The van der Waals surface area contributed by atoms with Crippen molar-refractivity contribution in [1.29, 1.82) is 0 Å². The van der Waals surface area contributed by atoms with E-state index in [1.807, 2.05) is 0 Å². The van der Waals surface area contributed by atoms with Crippen molar-refractivity contribution in [2.24, 2.45) is 0 Å². The average molecular weight is 217 g/mol. The number of benzene rings is 1. The molecule has 1 aromatic carbocycles. The molecule has 1 heteroatoms. The highest BCUT2D eigenvalue weighted by molar-refractivity contribution is 5.39. The van der Waals surface area contributed by atoms with Crippen molar-refractivity contribution in [1.82, 2.24) is 5.32 Å². The third-order valence-electron chi connectivity index (χ3n) is 3.68. The first-order chi connectivity index (χ1) is 7.70. The van der Waals surface area contributed by atoms with E-state index in [4.69, 9.17) is 0 Å². The van der Waals surface area contributed by atoms with Gasteiger partial charge in [-0.15, -0.1) is 0 Å². The quantitative estimate of drug-likeness (QED) is 0.798. The minimum absolute atomic E-state index is 0.636. The molecule has 0 saturated carbocycles. The van der Waals surface area contributed by atoms with Crippen LogP contribution in [0.15, 0.2) is 18.2 Å². The van der Waals surface area contributed by atoms with Crippen molar-refractivity contribution in [3.63, 3.8) is 0 Å². The third-order valence-corrected chi connectivity index (χ3v) is 3.68. The van der Waals surface area contributed by atoms with Crippen LogP contribution < -0.4 is 5.32 Å². The summed E-state index contributed by atoms with van der Waals surface area (Å²) in [4.78, 5) is 0. The molecule has 0 radical (unpaired) electrons. The predicted octanol–water partition coefficient (Wildman–Crippen LogP) is 3.59. The molecule has 16 heavy (non-hydrogen) atoms. The molecule has 1 atom stereocenters. The maximum atomic E-state index is 3.53. The molecule has 1 aliphatic rings. The lowest BCUT2D eigenvalue weighted by Gasteiger charge is -2.28. The van der Waals surface area contributed by atoms with Gasteiger partial charge in [-0.1, -0.05) is 32.0 Å². The molecule has 1 unspecified atom stereocenters. The molecule has 2 rings (SSSR count). The first kappa shape index (κ1) is 11.7. The average Bonchev–Trinajstić information content (AvgIpc) is 2.29. The van der Waals surface area contributed by atoms with Crippen LogP contribution in [0, 0.1) is 6.92 Å². The highest BCUT2D eigenvalue weighted by Crippen LogP contribution is 2.32. The number of piperidine rings is 1. The van der Waals surface area contributed by atoms with Crippen molar-refractivity contribution in [2.45, 2.75) is 45.4 Å². The third kappa shape index (κ3) is 2.30. The normalized spacial score (nSPS) is 21.4. The Balaban J connectivity index is 2.36. The second-order valence-corrected chi connectivity index (χ2v) is 5.28. The Bertz CT molecular complexity index is 348. The van der Waals surface area contributed by atoms with Gasteiger partial charge in [0.25, 0.3) is 0 Å². The van der Waals surface area contributed by atoms with Gasteiger partial charge in [-0.2, -0.15) is 0 Å². The van der Waals surface area contributed by atoms with Gasteiger partial charge in [-0.25, -0.2) is 0 Å². The number of hydrogen-bond donors (Lipinski definition) is 1. The van der Waals surface area contributed by atoms with Gasteiger partial charge in [-0.3, -0.25) is 0 Å². The zero-order valence-electron chi connectivity index (χ0n) is 10.7. The summed E-state index contributed by atoms with van der Waals surface area (Å²) >= 11 is 0. The molecule has 1 aromatic rings. The van der Waals surface area contributed by atoms with Gasteiger partial charge in [0.15, 0.2) is 0 Å². The Kier molecular flexibility index (Phi) is 3.65. The molecule has 0 amide bonds. The zero-order valence-corrected chi connectivity index (χ0v) is 10.7. The summed E-state index contributed by atoms with van der Waals surface area (Å²) in [5.74, 6) is 1.36. The maximum Gasteiger partial charge on any atom is 0.00203 e. The molecule has 1 N–H and O–H groups in total. The van der Waals surface area contributed by atoms with E-state index < -0.39 is 0 Å². The van der Waals surface area contributed by atoms with Crippen molar-refractivity contribution >= 4 is 0 Å². The minimum atomic E-state index is 0.636. The lowest BCUT2D eigenvalue weighted by atomic mass is 9.82. The van der Waals surface area contributed by atoms with Crippen LogP contribution in [0.4, 0.5) is 0 Å². The molecule has 0 aliphatic carbocycles. The van der Waals surface area contributed by atoms with Gasteiger partial charge in [0, 0.05) is 6.54 Å². The van der Waals surface area contributed by atoms with E-state index in [1.165, 1.54) is 24.9 Å². The summed E-state index contributed by atoms with van der Waals surface area (Å²) in [6.07, 6.45) is 2.66. The Morgan fingerprint density at radius 1 is 1.31 bits per heavy atom. The topological polar surface area (TPSA) is 12.0 Å². The first-order valence-electron chi connectivity index (χ1n) is 6.50. The summed E-state index contributed by atoms with van der Waals surface area (Å²) in [5, 5.41) is 3.53. The molecule has 1 aliphatic heterocycles. The van der Waals surface area contributed by atoms with Crippen LogP contribution in [0.2, 0.25) is 0 Å². The summed E-state index contributed by atoms with van der Waals surface area (Å²) in [6.45, 7) is 9.21. The van der Waals surface area contributed by atoms with Crippen LogP contribution in [0.5, 0.6) is 0 Å². The Hall–Kier alpha value is -0.820. The fourth-order valence-corrected chi connectivity index (χ4v) is 2.86. The smallest absolute Gasteiger partial charge is 0.00203 e. The standard InChI is InChI=1S/C15H23N/c1-11(2)14-8-4-6-12(3)15(14)13-7-5-9-16-10-13/h4,6,8,11,13,16H,5,7,9-10H2,1-3H3. The molecule has 1 heterocycles. The van der Waals surface area contributed by atoms with Crippen LogP contribution in [-0.4, -0.2) is 13.1 Å². The lowest BCUT2D eigenvalue weighted by Crippen LogP contribution is -2.29. The molecule has 0 bridgehead atoms. The van der Waals surface area contributed by atoms with Crippen LogP contribution in [0.25, 0.3) is 0 Å². The summed E-state index contributed by atoms with van der Waals surface area (Å²) in [5.41, 5.74) is 4.64. The van der Waals surface area contributed by atoms with Crippen molar-refractivity contribution in [3.05, 3.63) is 34.9 Å². The van der Waals surface area contributed by atoms with E-state index in [0.29, 0.717) is 5.92 Å². The largest absolute Gasteiger partial charge is 0.316 e. The van der Waals surface area contributed by atoms with E-state index in [2.05, 4.69) is 44.3 Å². The first-order valence-corrected chi connectivity index (χ1v) is 6.50. The Morgan fingerprint density at radius 3 is 2.75 bits per heavy atom. The number of aryl methyl sites for hydroxylation is 1. The Labute approximate surface area is 99.3 Å². The molecular formula is C15H23N. The second-order valence-electron chi connectivity index (χ2n) is 5.28. The van der Waals surface area contributed by atoms with Gasteiger partial charge in [0.2, 0.25) is 0 Å². The van der Waals surface area contributed by atoms with Crippen LogP contribution >= 0.6 is 0 Å². The van der Waals surface area contributed by atoms with E-state index in [1.54, 1.807) is 11.1 Å². The van der Waals surface area contributed by atoms with Crippen molar-refractivity contribution < 1.29 is 0 Å². The molecule has 1 saturated heterocycles. The fraction of sp³-hybridized carbons (Fsp3) is 0.600. The van der Waals surface area contributed by atoms with Crippen molar-refractivity contribution in [2.75, 3.05) is 13.1 Å². The zero-order chi connectivity index (χ0) is 11.5. The van der Waals surface area contributed by atoms with Crippen molar-refractivity contribution in [3.8, 4) is 0 Å². The highest BCUT2D eigenvalue weighted by Gasteiger charge is 2.20. The molecular weight excluding hydrogens is 194 g/mol. The van der Waals surface area contributed by atoms with Gasteiger partial charge < -0.3 is 5.32 Å². The molecule has 88 valence electrons. The fourth-order valence-electron chi connectivity index (χ4n) is 2.86. The summed E-state index contributed by atoms with van der Waals surface area (Å²) < 4.78 is 0. The van der Waals surface area contributed by atoms with Gasteiger partial charge in [0.1, 0.15) is 0 Å². The van der Waals surface area contributed by atoms with E-state index >= 15 is 0 Å². The van der Waals surface area contributed by atoms with Gasteiger partial charge in [0.05, 0.1) is 0 Å². The maximum absolute atomic E-state index is 3.53. The minimum Gasteiger partial charge on any atom is -0.316 e. The van der Waals surface area contributed by atoms with Crippen LogP contribution in [0.3, 0.4) is 0 Å². The summed E-state index contributed by atoms with van der Waals surface area (Å²) in [7, 11) is 0. The molecule has 0 spiro atoms. The highest BCUT2D eigenvalue weighted by atomic mass is 14.9. The SMILES string of the molecule is Cc1cccc(C(C)C)c1C1CCCNC1. The van der Waals surface area contributed by atoms with E-state index in [9.17, 15) is 0 Å². The number of nitrogens with one attached hydrogen (secondary N) is 1. The predicted molar refractivity (Wildman–Crippen MR) is 70.1 cm³/mol.